The van der Waals surface area contributed by atoms with Crippen LogP contribution in [0.4, 0.5) is 14.3 Å². The van der Waals surface area contributed by atoms with E-state index < -0.39 is 22.4 Å². The summed E-state index contributed by atoms with van der Waals surface area (Å²) >= 11 is -1.41. The van der Waals surface area contributed by atoms with Gasteiger partial charge >= 0.3 is 6.03 Å². The van der Waals surface area contributed by atoms with Gasteiger partial charge in [0.25, 0.3) is 0 Å². The lowest BCUT2D eigenvalue weighted by molar-refractivity contribution is 0.251. The van der Waals surface area contributed by atoms with E-state index in [4.69, 9.17) is 4.74 Å². The summed E-state index contributed by atoms with van der Waals surface area (Å²) in [5.41, 5.74) is 1.29. The van der Waals surface area contributed by atoms with E-state index in [0.717, 1.165) is 11.3 Å². The van der Waals surface area contributed by atoms with Gasteiger partial charge in [-0.05, 0) is 34.3 Å². The Balaban J connectivity index is 1.66. The van der Waals surface area contributed by atoms with E-state index >= 15 is 0 Å². The number of rotatable bonds is 7. The molecule has 3 rings (SSSR count). The number of nitrogens with one attached hydrogen (secondary N) is 2. The summed E-state index contributed by atoms with van der Waals surface area (Å²) in [6.45, 7) is 0.131. The van der Waals surface area contributed by atoms with E-state index in [0.29, 0.717) is 17.0 Å². The van der Waals surface area contributed by atoms with Gasteiger partial charge < -0.3 is 14.6 Å². The molecule has 2 N–H and O–H groups in total. The fourth-order valence-electron chi connectivity index (χ4n) is 2.48. The monoisotopic (exact) mass is 435 g/mol. The molecule has 2 aromatic heterocycles. The minimum absolute atomic E-state index is 0.131. The number of pyridine rings is 1. The van der Waals surface area contributed by atoms with Crippen LogP contribution in [0.3, 0.4) is 0 Å². The van der Waals surface area contributed by atoms with Crippen LogP contribution < -0.4 is 15.4 Å². The molecule has 152 valence electrons. The molecule has 0 bridgehead atoms. The molecule has 0 aliphatic rings. The molecule has 2 unspecified atom stereocenters. The average molecular weight is 435 g/mol. The fraction of sp³-hybridized carbons (Fsp3) is 0.167. The Morgan fingerprint density at radius 1 is 1.38 bits per heavy atom. The van der Waals surface area contributed by atoms with Crippen LogP contribution in [-0.2, 0) is 17.6 Å². The van der Waals surface area contributed by atoms with Crippen molar-refractivity contribution in [3.63, 3.8) is 0 Å². The van der Waals surface area contributed by atoms with Gasteiger partial charge in [0.2, 0.25) is 5.88 Å². The Labute approximate surface area is 172 Å². The Morgan fingerprint density at radius 2 is 2.21 bits per heavy atom. The van der Waals surface area contributed by atoms with E-state index in [2.05, 4.69) is 20.6 Å². The predicted molar refractivity (Wildman–Crippen MR) is 106 cm³/mol. The van der Waals surface area contributed by atoms with Crippen molar-refractivity contribution < 1.29 is 22.7 Å². The largest absolute Gasteiger partial charge is 0.772 e. The first-order chi connectivity index (χ1) is 14.0. The number of anilines is 1. The summed E-state index contributed by atoms with van der Waals surface area (Å²) in [7, 11) is 1.46. The van der Waals surface area contributed by atoms with Crippen molar-refractivity contribution in [1.29, 1.82) is 0 Å². The molecule has 1 aromatic carbocycles. The van der Waals surface area contributed by atoms with Gasteiger partial charge in [-0.15, -0.1) is 11.3 Å². The van der Waals surface area contributed by atoms with Crippen molar-refractivity contribution in [2.75, 3.05) is 12.4 Å². The van der Waals surface area contributed by atoms with Crippen molar-refractivity contribution in [1.82, 2.24) is 15.3 Å². The highest BCUT2D eigenvalue weighted by Gasteiger charge is 2.20. The van der Waals surface area contributed by atoms with Crippen molar-refractivity contribution in [3.05, 3.63) is 70.6 Å². The van der Waals surface area contributed by atoms with Crippen molar-refractivity contribution in [3.8, 4) is 5.88 Å². The minimum atomic E-state index is -2.49. The number of carbonyl (C=O) groups is 1. The zero-order chi connectivity index (χ0) is 20.8. The number of methoxy groups -OCH3 is 1. The SMILES string of the molecule is COc1ccc(C(c2csc(NC(=O)NCc3cccc(F)c3)n2)S(=O)[O-])cn1. The molecule has 0 saturated carbocycles. The molecule has 8 nitrogen and oxygen atoms in total. The molecule has 29 heavy (non-hydrogen) atoms. The Kier molecular flexibility index (Phi) is 6.86. The van der Waals surface area contributed by atoms with Crippen molar-refractivity contribution >= 4 is 33.6 Å². The van der Waals surface area contributed by atoms with Crippen molar-refractivity contribution in [2.45, 2.75) is 11.8 Å². The van der Waals surface area contributed by atoms with Gasteiger partial charge in [-0.3, -0.25) is 9.53 Å². The molecule has 0 saturated heterocycles. The molecule has 0 spiro atoms. The van der Waals surface area contributed by atoms with E-state index in [1.165, 1.54) is 25.4 Å². The zero-order valence-corrected chi connectivity index (χ0v) is 16.8. The number of urea groups is 1. The molecule has 2 amide bonds. The van der Waals surface area contributed by atoms with E-state index in [1.807, 2.05) is 0 Å². The molecule has 0 radical (unpaired) electrons. The van der Waals surface area contributed by atoms with Gasteiger partial charge in [0.15, 0.2) is 5.13 Å². The first kappa shape index (κ1) is 20.8. The van der Waals surface area contributed by atoms with Gasteiger partial charge in [0.05, 0.1) is 18.1 Å². The van der Waals surface area contributed by atoms with Crippen LogP contribution in [-0.4, -0.2) is 31.9 Å². The highest BCUT2D eigenvalue weighted by molar-refractivity contribution is 7.79. The lowest BCUT2D eigenvalue weighted by Crippen LogP contribution is -2.28. The number of hydrogen-bond acceptors (Lipinski definition) is 7. The third-order valence-corrected chi connectivity index (χ3v) is 5.49. The molecule has 2 heterocycles. The number of carbonyl (C=O) groups excluding carboxylic acids is 1. The fourth-order valence-corrected chi connectivity index (χ4v) is 3.98. The summed E-state index contributed by atoms with van der Waals surface area (Å²) in [6.07, 6.45) is 1.40. The molecule has 0 aliphatic heterocycles. The van der Waals surface area contributed by atoms with Crippen LogP contribution >= 0.6 is 11.3 Å². The summed E-state index contributed by atoms with van der Waals surface area (Å²) in [5, 5.41) is 5.87. The van der Waals surface area contributed by atoms with Gasteiger partial charge in [-0.25, -0.2) is 19.2 Å². The highest BCUT2D eigenvalue weighted by atomic mass is 32.2. The van der Waals surface area contributed by atoms with E-state index in [9.17, 15) is 17.9 Å². The third kappa shape index (κ3) is 5.56. The topological polar surface area (TPSA) is 116 Å². The van der Waals surface area contributed by atoms with E-state index in [1.54, 1.807) is 29.6 Å². The molecule has 0 fully saturated rings. The molecule has 0 aliphatic carbocycles. The second kappa shape index (κ2) is 9.54. The molecule has 11 heteroatoms. The summed E-state index contributed by atoms with van der Waals surface area (Å²) in [5.74, 6) is -0.0290. The van der Waals surface area contributed by atoms with E-state index in [-0.39, 0.29) is 23.2 Å². The van der Waals surface area contributed by atoms with Crippen LogP contribution in [0.25, 0.3) is 0 Å². The predicted octanol–water partition coefficient (Wildman–Crippen LogP) is 2.98. The second-order valence-electron chi connectivity index (χ2n) is 5.79. The minimum Gasteiger partial charge on any atom is -0.772 e. The third-order valence-electron chi connectivity index (χ3n) is 3.82. The summed E-state index contributed by atoms with van der Waals surface area (Å²) in [4.78, 5) is 20.2. The summed E-state index contributed by atoms with van der Waals surface area (Å²) in [6, 6.07) is 8.47. The number of amides is 2. The summed E-state index contributed by atoms with van der Waals surface area (Å²) < 4.78 is 41.6. The maximum atomic E-state index is 13.2. The lowest BCUT2D eigenvalue weighted by atomic mass is 10.1. The van der Waals surface area contributed by atoms with Crippen LogP contribution in [0.1, 0.15) is 22.1 Å². The molecule has 2 atom stereocenters. The van der Waals surface area contributed by atoms with Crippen LogP contribution in [0.5, 0.6) is 5.88 Å². The smallest absolute Gasteiger partial charge is 0.321 e. The maximum Gasteiger partial charge on any atom is 0.321 e. The number of thiazole rings is 1. The maximum absolute atomic E-state index is 13.2. The number of nitrogens with zero attached hydrogens (tertiary/aromatic N) is 2. The Hall–Kier alpha value is -2.89. The van der Waals surface area contributed by atoms with Gasteiger partial charge in [0.1, 0.15) is 5.82 Å². The number of hydrogen-bond donors (Lipinski definition) is 2. The van der Waals surface area contributed by atoms with Crippen LogP contribution in [0.2, 0.25) is 0 Å². The quantitative estimate of drug-likeness (QED) is 0.551. The van der Waals surface area contributed by atoms with Gasteiger partial charge in [0, 0.05) is 24.2 Å². The average Bonchev–Trinajstić information content (AvgIpc) is 3.14. The molecular weight excluding hydrogens is 419 g/mol. The lowest BCUT2D eigenvalue weighted by Gasteiger charge is -2.18. The van der Waals surface area contributed by atoms with Gasteiger partial charge in [-0.1, -0.05) is 18.2 Å². The van der Waals surface area contributed by atoms with Crippen LogP contribution in [0, 0.1) is 5.82 Å². The number of aromatic nitrogens is 2. The first-order valence-corrected chi connectivity index (χ1v) is 10.3. The molecular formula is C18H16FN4O4S2-. The second-order valence-corrected chi connectivity index (χ2v) is 7.64. The standard InChI is InChI=1S/C18H17FN4O4S2/c1-27-15-6-5-12(9-20-15)16(29(25)26)14-10-28-18(22-14)23-17(24)21-8-11-3-2-4-13(19)7-11/h2-7,9-10,16H,8H2,1H3,(H,25,26)(H2,21,22,23,24)/p-1. The Bertz CT molecular complexity index is 1010. The van der Waals surface area contributed by atoms with Gasteiger partial charge in [-0.2, -0.15) is 0 Å². The Morgan fingerprint density at radius 3 is 2.86 bits per heavy atom. The normalized spacial score (nSPS) is 12.8. The van der Waals surface area contributed by atoms with Crippen molar-refractivity contribution in [2.24, 2.45) is 0 Å². The zero-order valence-electron chi connectivity index (χ0n) is 15.1. The number of ether oxygens (including phenoxy) is 1. The first-order valence-electron chi connectivity index (χ1n) is 8.29. The number of benzene rings is 1. The van der Waals surface area contributed by atoms with Crippen LogP contribution in [0.15, 0.2) is 48.0 Å². The molecule has 3 aromatic rings. The highest BCUT2D eigenvalue weighted by Crippen LogP contribution is 2.30. The number of halogens is 1.